The molecule has 3 aromatic rings. The van der Waals surface area contributed by atoms with Crippen molar-refractivity contribution in [1.82, 2.24) is 20.2 Å². The SMILES string of the molecule is CCc1cc(CCCc2nccc(-c3cccc(CN4C[C@H](C)NC[C@@H]4C)c3)n2)ccc1O. The third kappa shape index (κ3) is 6.18. The summed E-state index contributed by atoms with van der Waals surface area (Å²) >= 11 is 0. The summed E-state index contributed by atoms with van der Waals surface area (Å²) in [5, 5.41) is 13.4. The standard InChI is InChI=1S/C28H36N4O/c1-4-24-15-22(11-12-27(24)33)7-6-10-28-29-14-13-26(31-28)25-9-5-8-23(16-25)19-32-18-20(2)30-17-21(32)3/h5,8-9,11-16,20-21,30,33H,4,6-7,10,17-19H2,1-3H3/t20-,21-/m0/s1. The van der Waals surface area contributed by atoms with Gasteiger partial charge in [0.1, 0.15) is 11.6 Å². The van der Waals surface area contributed by atoms with Gasteiger partial charge in [-0.2, -0.15) is 0 Å². The van der Waals surface area contributed by atoms with E-state index in [1.165, 1.54) is 11.1 Å². The summed E-state index contributed by atoms with van der Waals surface area (Å²) in [7, 11) is 0. The first-order valence-electron chi connectivity index (χ1n) is 12.2. The Kier molecular flexibility index (Phi) is 7.73. The van der Waals surface area contributed by atoms with Crippen LogP contribution in [0.4, 0.5) is 0 Å². The number of aryl methyl sites for hydroxylation is 3. The fourth-order valence-electron chi connectivity index (χ4n) is 4.59. The van der Waals surface area contributed by atoms with E-state index < -0.39 is 0 Å². The molecule has 0 unspecified atom stereocenters. The van der Waals surface area contributed by atoms with Crippen LogP contribution in [0.5, 0.6) is 5.75 Å². The lowest BCUT2D eigenvalue weighted by Gasteiger charge is -2.37. The number of hydrogen-bond acceptors (Lipinski definition) is 5. The van der Waals surface area contributed by atoms with E-state index in [9.17, 15) is 5.11 Å². The van der Waals surface area contributed by atoms with Crippen molar-refractivity contribution >= 4 is 0 Å². The second kappa shape index (κ2) is 10.9. The number of aromatic hydroxyl groups is 1. The summed E-state index contributed by atoms with van der Waals surface area (Å²) < 4.78 is 0. The van der Waals surface area contributed by atoms with E-state index in [-0.39, 0.29) is 0 Å². The van der Waals surface area contributed by atoms with Gasteiger partial charge in [-0.05, 0) is 68.0 Å². The first-order chi connectivity index (χ1) is 16.0. The number of nitrogens with zero attached hydrogens (tertiary/aromatic N) is 3. The molecule has 5 nitrogen and oxygen atoms in total. The predicted octanol–water partition coefficient (Wildman–Crippen LogP) is 4.77. The molecule has 1 aliphatic rings. The Morgan fingerprint density at radius 3 is 2.79 bits per heavy atom. The second-order valence-corrected chi connectivity index (χ2v) is 9.32. The Hall–Kier alpha value is -2.76. The highest BCUT2D eigenvalue weighted by Crippen LogP contribution is 2.22. The zero-order valence-corrected chi connectivity index (χ0v) is 20.1. The molecule has 2 atom stereocenters. The molecule has 174 valence electrons. The molecule has 0 amide bonds. The predicted molar refractivity (Wildman–Crippen MR) is 134 cm³/mol. The van der Waals surface area contributed by atoms with Crippen LogP contribution in [0, 0.1) is 0 Å². The van der Waals surface area contributed by atoms with Crippen molar-refractivity contribution < 1.29 is 5.11 Å². The summed E-state index contributed by atoms with van der Waals surface area (Å²) in [4.78, 5) is 11.9. The lowest BCUT2D eigenvalue weighted by Crippen LogP contribution is -2.53. The molecule has 1 fully saturated rings. The molecule has 33 heavy (non-hydrogen) atoms. The third-order valence-corrected chi connectivity index (χ3v) is 6.60. The molecule has 5 heteroatoms. The molecular formula is C28H36N4O. The van der Waals surface area contributed by atoms with E-state index in [1.807, 2.05) is 18.3 Å². The topological polar surface area (TPSA) is 61.3 Å². The number of nitrogens with one attached hydrogen (secondary N) is 1. The maximum atomic E-state index is 9.89. The number of benzene rings is 2. The van der Waals surface area contributed by atoms with Gasteiger partial charge < -0.3 is 10.4 Å². The highest BCUT2D eigenvalue weighted by atomic mass is 16.3. The van der Waals surface area contributed by atoms with Gasteiger partial charge in [0, 0.05) is 49.9 Å². The van der Waals surface area contributed by atoms with Gasteiger partial charge in [-0.15, -0.1) is 0 Å². The molecule has 0 aliphatic carbocycles. The van der Waals surface area contributed by atoms with E-state index in [4.69, 9.17) is 4.98 Å². The maximum absolute atomic E-state index is 9.89. The van der Waals surface area contributed by atoms with Gasteiger partial charge in [-0.3, -0.25) is 4.90 Å². The van der Waals surface area contributed by atoms with Gasteiger partial charge in [-0.25, -0.2) is 9.97 Å². The van der Waals surface area contributed by atoms with Gasteiger partial charge in [0.15, 0.2) is 0 Å². The average molecular weight is 445 g/mol. The van der Waals surface area contributed by atoms with Gasteiger partial charge in [0.05, 0.1) is 5.69 Å². The van der Waals surface area contributed by atoms with Crippen molar-refractivity contribution in [3.63, 3.8) is 0 Å². The Morgan fingerprint density at radius 1 is 1.06 bits per heavy atom. The summed E-state index contributed by atoms with van der Waals surface area (Å²) in [6.07, 6.45) is 5.50. The summed E-state index contributed by atoms with van der Waals surface area (Å²) in [5.41, 5.74) is 5.73. The zero-order chi connectivity index (χ0) is 23.2. The highest BCUT2D eigenvalue weighted by molar-refractivity contribution is 5.59. The van der Waals surface area contributed by atoms with E-state index in [1.54, 1.807) is 6.07 Å². The number of hydrogen-bond donors (Lipinski definition) is 2. The van der Waals surface area contributed by atoms with Crippen LogP contribution < -0.4 is 5.32 Å². The maximum Gasteiger partial charge on any atom is 0.128 e. The molecule has 0 bridgehead atoms. The molecule has 1 saturated heterocycles. The number of phenolic OH excluding ortho intramolecular Hbond substituents is 1. The fourth-order valence-corrected chi connectivity index (χ4v) is 4.59. The normalized spacial score (nSPS) is 19.0. The van der Waals surface area contributed by atoms with Crippen LogP contribution in [0.1, 0.15) is 49.7 Å². The first-order valence-corrected chi connectivity index (χ1v) is 12.2. The van der Waals surface area contributed by atoms with Gasteiger partial charge in [0.2, 0.25) is 0 Å². The lowest BCUT2D eigenvalue weighted by atomic mass is 10.0. The molecule has 1 aliphatic heterocycles. The van der Waals surface area contributed by atoms with Crippen LogP contribution in [0.3, 0.4) is 0 Å². The van der Waals surface area contributed by atoms with E-state index in [2.05, 4.69) is 66.3 Å². The molecule has 2 N–H and O–H groups in total. The minimum atomic E-state index is 0.389. The highest BCUT2D eigenvalue weighted by Gasteiger charge is 2.22. The van der Waals surface area contributed by atoms with Crippen molar-refractivity contribution in [2.45, 2.75) is 65.1 Å². The lowest BCUT2D eigenvalue weighted by molar-refractivity contribution is 0.139. The summed E-state index contributed by atoms with van der Waals surface area (Å²) in [5.74, 6) is 1.28. The first kappa shape index (κ1) is 23.4. The monoisotopic (exact) mass is 444 g/mol. The molecule has 2 aromatic carbocycles. The smallest absolute Gasteiger partial charge is 0.128 e. The van der Waals surface area contributed by atoms with Gasteiger partial charge in [0.25, 0.3) is 0 Å². The zero-order valence-electron chi connectivity index (χ0n) is 20.1. The quantitative estimate of drug-likeness (QED) is 0.524. The minimum Gasteiger partial charge on any atom is -0.508 e. The third-order valence-electron chi connectivity index (χ3n) is 6.60. The number of rotatable bonds is 8. The van der Waals surface area contributed by atoms with Crippen molar-refractivity contribution in [2.24, 2.45) is 0 Å². The van der Waals surface area contributed by atoms with Crippen molar-refractivity contribution in [3.8, 4) is 17.0 Å². The molecular weight excluding hydrogens is 408 g/mol. The van der Waals surface area contributed by atoms with Crippen LogP contribution in [0.25, 0.3) is 11.3 Å². The Labute approximate surface area is 197 Å². The molecule has 0 radical (unpaired) electrons. The number of aromatic nitrogens is 2. The molecule has 2 heterocycles. The second-order valence-electron chi connectivity index (χ2n) is 9.32. The van der Waals surface area contributed by atoms with Crippen LogP contribution in [0.2, 0.25) is 0 Å². The Morgan fingerprint density at radius 2 is 1.94 bits per heavy atom. The van der Waals surface area contributed by atoms with Crippen LogP contribution in [0.15, 0.2) is 54.7 Å². The molecule has 4 rings (SSSR count). The summed E-state index contributed by atoms with van der Waals surface area (Å²) in [6.45, 7) is 9.69. The summed E-state index contributed by atoms with van der Waals surface area (Å²) in [6, 6.07) is 17.8. The van der Waals surface area contributed by atoms with E-state index in [0.717, 1.165) is 68.0 Å². The van der Waals surface area contributed by atoms with Gasteiger partial charge in [-0.1, -0.05) is 37.3 Å². The van der Waals surface area contributed by atoms with Crippen LogP contribution in [-0.4, -0.2) is 45.1 Å². The van der Waals surface area contributed by atoms with Crippen LogP contribution in [-0.2, 0) is 25.8 Å². The fraction of sp³-hybridized carbons (Fsp3) is 0.429. The molecule has 1 aromatic heterocycles. The van der Waals surface area contributed by atoms with Crippen molar-refractivity contribution in [2.75, 3.05) is 13.1 Å². The number of phenols is 1. The van der Waals surface area contributed by atoms with E-state index in [0.29, 0.717) is 17.8 Å². The van der Waals surface area contributed by atoms with Crippen molar-refractivity contribution in [3.05, 3.63) is 77.2 Å². The van der Waals surface area contributed by atoms with Crippen molar-refractivity contribution in [1.29, 1.82) is 0 Å². The largest absolute Gasteiger partial charge is 0.508 e. The Balaban J connectivity index is 1.39. The average Bonchev–Trinajstić information content (AvgIpc) is 2.83. The Bertz CT molecular complexity index is 1070. The molecule has 0 saturated carbocycles. The molecule has 0 spiro atoms. The van der Waals surface area contributed by atoms with E-state index >= 15 is 0 Å². The number of piperazine rings is 1. The van der Waals surface area contributed by atoms with Gasteiger partial charge >= 0.3 is 0 Å². The van der Waals surface area contributed by atoms with Crippen LogP contribution >= 0.6 is 0 Å². The minimum absolute atomic E-state index is 0.389.